The van der Waals surface area contributed by atoms with Gasteiger partial charge in [-0.15, -0.1) is 0 Å². The highest BCUT2D eigenvalue weighted by molar-refractivity contribution is 7.90. The Labute approximate surface area is 218 Å². The summed E-state index contributed by atoms with van der Waals surface area (Å²) in [6.45, 7) is 3.74. The zero-order chi connectivity index (χ0) is 26.3. The third kappa shape index (κ3) is 6.59. The summed E-state index contributed by atoms with van der Waals surface area (Å²) in [5.74, 6) is -1.65. The van der Waals surface area contributed by atoms with Crippen LogP contribution in [0.2, 0.25) is 0 Å². The molecule has 0 bridgehead atoms. The monoisotopic (exact) mass is 538 g/mol. The van der Waals surface area contributed by atoms with Crippen LogP contribution in [-0.2, 0) is 25.5 Å². The first-order valence-electron chi connectivity index (χ1n) is 12.0. The topological polar surface area (TPSA) is 97.6 Å². The summed E-state index contributed by atoms with van der Waals surface area (Å²) in [5, 5.41) is 3.29. The van der Waals surface area contributed by atoms with E-state index in [1.807, 2.05) is 67.6 Å². The van der Waals surface area contributed by atoms with Gasteiger partial charge in [0, 0.05) is 5.69 Å². The highest BCUT2D eigenvalue weighted by Crippen LogP contribution is 2.63. The van der Waals surface area contributed by atoms with Crippen molar-refractivity contribution in [3.63, 3.8) is 0 Å². The number of anilines is 1. The van der Waals surface area contributed by atoms with Gasteiger partial charge in [0.2, 0.25) is 17.4 Å². The van der Waals surface area contributed by atoms with Crippen LogP contribution in [0.5, 0.6) is 0 Å². The maximum absolute atomic E-state index is 15.0. The Hall–Kier alpha value is -3.16. The van der Waals surface area contributed by atoms with Gasteiger partial charge in [0.05, 0.1) is 17.8 Å². The van der Waals surface area contributed by atoms with E-state index in [1.54, 1.807) is 31.2 Å². The Morgan fingerprint density at radius 3 is 2.14 bits per heavy atom. The maximum atomic E-state index is 15.0. The van der Waals surface area contributed by atoms with E-state index >= 15 is 4.57 Å². The largest absolute Gasteiger partial charge is 0.467 e. The van der Waals surface area contributed by atoms with Crippen LogP contribution in [0.15, 0.2) is 113 Å². The molecule has 0 saturated heterocycles. The highest BCUT2D eigenvalue weighted by atomic mass is 32.2. The molecule has 1 aromatic heterocycles. The number of benzene rings is 3. The Balaban J connectivity index is 1.81. The van der Waals surface area contributed by atoms with Gasteiger partial charge in [-0.05, 0) is 62.2 Å². The molecule has 0 saturated carbocycles. The summed E-state index contributed by atoms with van der Waals surface area (Å²) in [4.78, 5) is 0.0878. The molecule has 0 aliphatic carbocycles. The van der Waals surface area contributed by atoms with Crippen molar-refractivity contribution in [3.05, 3.63) is 120 Å². The van der Waals surface area contributed by atoms with Gasteiger partial charge in [-0.2, -0.15) is 4.72 Å². The molecule has 0 fully saturated rings. The van der Waals surface area contributed by atoms with E-state index in [4.69, 9.17) is 8.94 Å². The van der Waals surface area contributed by atoms with Gasteiger partial charge in [0.1, 0.15) is 11.5 Å². The van der Waals surface area contributed by atoms with Gasteiger partial charge in [-0.25, -0.2) is 8.42 Å². The van der Waals surface area contributed by atoms with Gasteiger partial charge in [-0.3, -0.25) is 4.57 Å². The fraction of sp³-hybridized carbons (Fsp3) is 0.214. The molecule has 4 rings (SSSR count). The number of furan rings is 1. The molecule has 0 amide bonds. The average molecular weight is 539 g/mol. The standard InChI is InChI=1S/C28H31N2O5PS/c1-3-35-36(31,28(26-15-10-20-34-26)29-24-13-8-5-9-14-24)27(21-23-11-6-4-7-12-23)30-37(32,33)25-18-16-22(2)17-19-25/h4-20,27-30H,3,21H2,1-2H3/t27-,28+,36+/m1/s1. The van der Waals surface area contributed by atoms with Gasteiger partial charge in [-0.1, -0.05) is 66.2 Å². The van der Waals surface area contributed by atoms with E-state index in [0.717, 1.165) is 11.1 Å². The number of hydrogen-bond acceptors (Lipinski definition) is 6. The fourth-order valence-corrected chi connectivity index (χ4v) is 8.53. The second kappa shape index (κ2) is 11.9. The van der Waals surface area contributed by atoms with Crippen LogP contribution in [-0.4, -0.2) is 20.8 Å². The molecule has 3 atom stereocenters. The SMILES string of the molecule is CCO[P@@](=O)([C@H](Cc1ccccc1)NS(=O)(=O)c1ccc(C)cc1)[C@H](Nc1ccccc1)c1ccco1. The quantitative estimate of drug-likeness (QED) is 0.198. The molecule has 0 aliphatic heterocycles. The lowest BCUT2D eigenvalue weighted by atomic mass is 10.1. The molecule has 37 heavy (non-hydrogen) atoms. The lowest BCUT2D eigenvalue weighted by Crippen LogP contribution is -2.39. The van der Waals surface area contributed by atoms with E-state index in [1.165, 1.54) is 18.4 Å². The molecule has 194 valence electrons. The molecule has 4 aromatic rings. The van der Waals surface area contributed by atoms with Crippen LogP contribution in [0.1, 0.15) is 29.6 Å². The van der Waals surface area contributed by atoms with Crippen LogP contribution in [0.3, 0.4) is 0 Å². The number of aryl methyl sites for hydroxylation is 1. The van der Waals surface area contributed by atoms with E-state index < -0.39 is 29.0 Å². The molecule has 2 N–H and O–H groups in total. The molecule has 3 aromatic carbocycles. The zero-order valence-corrected chi connectivity index (χ0v) is 22.5. The predicted octanol–water partition coefficient (Wildman–Crippen LogP) is 6.56. The third-order valence-corrected chi connectivity index (χ3v) is 10.5. The van der Waals surface area contributed by atoms with E-state index in [-0.39, 0.29) is 17.9 Å². The van der Waals surface area contributed by atoms with Crippen molar-refractivity contribution in [1.29, 1.82) is 0 Å². The lowest BCUT2D eigenvalue weighted by Gasteiger charge is -2.34. The van der Waals surface area contributed by atoms with Crippen molar-refractivity contribution in [2.45, 2.75) is 36.7 Å². The number of rotatable bonds is 12. The lowest BCUT2D eigenvalue weighted by molar-refractivity contribution is 0.312. The van der Waals surface area contributed by atoms with E-state index in [0.29, 0.717) is 11.4 Å². The number of sulfonamides is 1. The maximum Gasteiger partial charge on any atom is 0.250 e. The Kier molecular flexibility index (Phi) is 8.67. The summed E-state index contributed by atoms with van der Waals surface area (Å²) < 4.78 is 56.5. The first kappa shape index (κ1) is 26.9. The normalized spacial score (nSPS) is 15.0. The molecule has 0 aliphatic rings. The summed E-state index contributed by atoms with van der Waals surface area (Å²) in [6.07, 6.45) is 1.64. The van der Waals surface area contributed by atoms with Crippen LogP contribution in [0, 0.1) is 6.92 Å². The number of nitrogens with one attached hydrogen (secondary N) is 2. The molecule has 7 nitrogen and oxygen atoms in total. The second-order valence-corrected chi connectivity index (χ2v) is 13.0. The summed E-state index contributed by atoms with van der Waals surface area (Å²) in [7, 11) is -7.91. The Morgan fingerprint density at radius 2 is 1.54 bits per heavy atom. The predicted molar refractivity (Wildman–Crippen MR) is 146 cm³/mol. The van der Waals surface area contributed by atoms with Crippen LogP contribution in [0.25, 0.3) is 0 Å². The van der Waals surface area contributed by atoms with E-state index in [9.17, 15) is 8.42 Å². The fourth-order valence-electron chi connectivity index (χ4n) is 4.07. The summed E-state index contributed by atoms with van der Waals surface area (Å²) in [5.41, 5.74) is 2.45. The van der Waals surface area contributed by atoms with Crippen molar-refractivity contribution in [1.82, 2.24) is 4.72 Å². The molecule has 0 radical (unpaired) electrons. The Morgan fingerprint density at radius 1 is 0.892 bits per heavy atom. The first-order chi connectivity index (χ1) is 17.8. The smallest absolute Gasteiger partial charge is 0.250 e. The first-order valence-corrected chi connectivity index (χ1v) is 15.3. The van der Waals surface area contributed by atoms with Crippen LogP contribution < -0.4 is 10.0 Å². The van der Waals surface area contributed by atoms with Gasteiger partial charge in [0.25, 0.3) is 0 Å². The number of para-hydroxylation sites is 1. The second-order valence-electron chi connectivity index (χ2n) is 8.63. The van der Waals surface area contributed by atoms with Crippen LogP contribution in [0.4, 0.5) is 5.69 Å². The van der Waals surface area contributed by atoms with Crippen molar-refractivity contribution in [2.75, 3.05) is 11.9 Å². The van der Waals surface area contributed by atoms with Crippen molar-refractivity contribution in [2.24, 2.45) is 0 Å². The molecular formula is C28H31N2O5PS. The minimum absolute atomic E-state index is 0.0878. The Bertz CT molecular complexity index is 1410. The molecule has 0 unspecified atom stereocenters. The minimum Gasteiger partial charge on any atom is -0.467 e. The average Bonchev–Trinajstić information content (AvgIpc) is 3.43. The van der Waals surface area contributed by atoms with Gasteiger partial charge >= 0.3 is 0 Å². The highest BCUT2D eigenvalue weighted by Gasteiger charge is 2.46. The van der Waals surface area contributed by atoms with Crippen LogP contribution >= 0.6 is 7.37 Å². The van der Waals surface area contributed by atoms with Crippen molar-refractivity contribution in [3.8, 4) is 0 Å². The molecular weight excluding hydrogens is 507 g/mol. The zero-order valence-electron chi connectivity index (χ0n) is 20.8. The minimum atomic E-state index is -4.03. The van der Waals surface area contributed by atoms with Crippen molar-refractivity contribution < 1.29 is 21.9 Å². The van der Waals surface area contributed by atoms with Crippen molar-refractivity contribution >= 4 is 23.1 Å². The third-order valence-electron chi connectivity index (χ3n) is 5.91. The summed E-state index contributed by atoms with van der Waals surface area (Å²) >= 11 is 0. The molecule has 1 heterocycles. The van der Waals surface area contributed by atoms with Gasteiger partial charge in [0.15, 0.2) is 5.78 Å². The summed E-state index contributed by atoms with van der Waals surface area (Å²) in [6, 6.07) is 28.6. The van der Waals surface area contributed by atoms with Gasteiger partial charge < -0.3 is 14.3 Å². The van der Waals surface area contributed by atoms with E-state index in [2.05, 4.69) is 10.0 Å². The number of hydrogen-bond donors (Lipinski definition) is 2. The molecule has 9 heteroatoms. The molecule has 0 spiro atoms.